The monoisotopic (exact) mass is 210 g/mol. The van der Waals surface area contributed by atoms with Crippen molar-refractivity contribution in [2.24, 2.45) is 5.92 Å². The SMILES string of the molecule is CC(C)C(C)N(C)c1cc(N)cc(F)c1. The third-order valence-electron chi connectivity index (χ3n) is 2.89. The molecule has 84 valence electrons. The van der Waals surface area contributed by atoms with Gasteiger partial charge in [-0.2, -0.15) is 0 Å². The number of benzene rings is 1. The highest BCUT2D eigenvalue weighted by molar-refractivity contribution is 5.56. The molecule has 0 aliphatic rings. The molecule has 0 saturated carbocycles. The molecule has 0 radical (unpaired) electrons. The first-order valence-electron chi connectivity index (χ1n) is 5.20. The van der Waals surface area contributed by atoms with Gasteiger partial charge < -0.3 is 10.6 Å². The summed E-state index contributed by atoms with van der Waals surface area (Å²) >= 11 is 0. The minimum atomic E-state index is -0.284. The average Bonchev–Trinajstić information content (AvgIpc) is 2.13. The van der Waals surface area contributed by atoms with Gasteiger partial charge >= 0.3 is 0 Å². The van der Waals surface area contributed by atoms with Crippen LogP contribution < -0.4 is 10.6 Å². The molecule has 0 aliphatic carbocycles. The molecule has 0 fully saturated rings. The van der Waals surface area contributed by atoms with Crippen LogP contribution >= 0.6 is 0 Å². The van der Waals surface area contributed by atoms with Gasteiger partial charge in [0.15, 0.2) is 0 Å². The van der Waals surface area contributed by atoms with Gasteiger partial charge in [0.2, 0.25) is 0 Å². The molecule has 2 nitrogen and oxygen atoms in total. The summed E-state index contributed by atoms with van der Waals surface area (Å²) in [6.45, 7) is 6.40. The smallest absolute Gasteiger partial charge is 0.127 e. The van der Waals surface area contributed by atoms with Crippen LogP contribution in [0.2, 0.25) is 0 Å². The molecule has 3 heteroatoms. The second-order valence-corrected chi connectivity index (χ2v) is 4.34. The Morgan fingerprint density at radius 1 is 1.20 bits per heavy atom. The summed E-state index contributed by atoms with van der Waals surface area (Å²) in [6.07, 6.45) is 0. The fourth-order valence-corrected chi connectivity index (χ4v) is 1.48. The van der Waals surface area contributed by atoms with Gasteiger partial charge in [-0.15, -0.1) is 0 Å². The van der Waals surface area contributed by atoms with E-state index in [1.54, 1.807) is 6.07 Å². The molecular weight excluding hydrogens is 191 g/mol. The van der Waals surface area contributed by atoms with Gasteiger partial charge in [-0.25, -0.2) is 4.39 Å². The lowest BCUT2D eigenvalue weighted by Gasteiger charge is -2.30. The number of hydrogen-bond donors (Lipinski definition) is 1. The lowest BCUT2D eigenvalue weighted by Crippen LogP contribution is -2.33. The van der Waals surface area contributed by atoms with Crippen LogP contribution in [0.5, 0.6) is 0 Å². The molecule has 1 unspecified atom stereocenters. The molecule has 0 amide bonds. The maximum absolute atomic E-state index is 13.1. The number of rotatable bonds is 3. The van der Waals surface area contributed by atoms with Crippen molar-refractivity contribution in [2.75, 3.05) is 17.7 Å². The summed E-state index contributed by atoms with van der Waals surface area (Å²) in [4.78, 5) is 2.05. The molecule has 1 aromatic carbocycles. The van der Waals surface area contributed by atoms with Crippen molar-refractivity contribution in [1.82, 2.24) is 0 Å². The Morgan fingerprint density at radius 2 is 1.80 bits per heavy atom. The topological polar surface area (TPSA) is 29.3 Å². The highest BCUT2D eigenvalue weighted by Crippen LogP contribution is 2.22. The summed E-state index contributed by atoms with van der Waals surface area (Å²) in [6, 6.07) is 4.99. The van der Waals surface area contributed by atoms with Crippen LogP contribution in [-0.2, 0) is 0 Å². The van der Waals surface area contributed by atoms with Crippen LogP contribution in [0.15, 0.2) is 18.2 Å². The maximum Gasteiger partial charge on any atom is 0.127 e. The van der Waals surface area contributed by atoms with Crippen LogP contribution in [0.1, 0.15) is 20.8 Å². The van der Waals surface area contributed by atoms with E-state index in [-0.39, 0.29) is 5.82 Å². The molecule has 0 bridgehead atoms. The van der Waals surface area contributed by atoms with Crippen LogP contribution in [0.25, 0.3) is 0 Å². The van der Waals surface area contributed by atoms with Crippen molar-refractivity contribution in [3.05, 3.63) is 24.0 Å². The second-order valence-electron chi connectivity index (χ2n) is 4.34. The van der Waals surface area contributed by atoms with E-state index in [2.05, 4.69) is 20.8 Å². The molecule has 1 rings (SSSR count). The Labute approximate surface area is 90.9 Å². The zero-order chi connectivity index (χ0) is 11.6. The van der Waals surface area contributed by atoms with Crippen LogP contribution in [-0.4, -0.2) is 13.1 Å². The van der Waals surface area contributed by atoms with E-state index in [0.717, 1.165) is 5.69 Å². The summed E-state index contributed by atoms with van der Waals surface area (Å²) in [5.41, 5.74) is 6.90. The standard InChI is InChI=1S/C12H19FN2/c1-8(2)9(3)15(4)12-6-10(13)5-11(14)7-12/h5-9H,14H2,1-4H3. The first kappa shape index (κ1) is 11.8. The van der Waals surface area contributed by atoms with E-state index in [0.29, 0.717) is 17.6 Å². The van der Waals surface area contributed by atoms with E-state index in [4.69, 9.17) is 5.73 Å². The third-order valence-corrected chi connectivity index (χ3v) is 2.89. The minimum Gasteiger partial charge on any atom is -0.399 e. The number of halogens is 1. The number of nitrogens with two attached hydrogens (primary N) is 1. The predicted octanol–water partition coefficient (Wildman–Crippen LogP) is 2.89. The summed E-state index contributed by atoms with van der Waals surface area (Å²) in [5, 5.41) is 0. The first-order chi connectivity index (χ1) is 6.91. The maximum atomic E-state index is 13.1. The van der Waals surface area contributed by atoms with Crippen LogP contribution in [0.3, 0.4) is 0 Å². The Balaban J connectivity index is 2.95. The lowest BCUT2D eigenvalue weighted by atomic mass is 10.0. The van der Waals surface area contributed by atoms with Crippen molar-refractivity contribution in [3.63, 3.8) is 0 Å². The minimum absolute atomic E-state index is 0.284. The van der Waals surface area contributed by atoms with Crippen molar-refractivity contribution < 1.29 is 4.39 Å². The molecule has 15 heavy (non-hydrogen) atoms. The predicted molar refractivity (Wildman–Crippen MR) is 63.5 cm³/mol. The van der Waals surface area contributed by atoms with E-state index in [1.807, 2.05) is 11.9 Å². The van der Waals surface area contributed by atoms with Gasteiger partial charge in [-0.1, -0.05) is 13.8 Å². The van der Waals surface area contributed by atoms with Gasteiger partial charge in [0, 0.05) is 24.5 Å². The Kier molecular flexibility index (Phi) is 3.56. The number of nitrogens with zero attached hydrogens (tertiary/aromatic N) is 1. The summed E-state index contributed by atoms with van der Waals surface area (Å²) in [5.74, 6) is 0.229. The normalized spacial score (nSPS) is 12.9. The second kappa shape index (κ2) is 4.51. The van der Waals surface area contributed by atoms with Crippen LogP contribution in [0.4, 0.5) is 15.8 Å². The lowest BCUT2D eigenvalue weighted by molar-refractivity contribution is 0.504. The number of anilines is 2. The molecule has 0 aromatic heterocycles. The van der Waals surface area contributed by atoms with Gasteiger partial charge in [0.25, 0.3) is 0 Å². The van der Waals surface area contributed by atoms with E-state index >= 15 is 0 Å². The Morgan fingerprint density at radius 3 is 2.27 bits per heavy atom. The molecule has 0 spiro atoms. The number of hydrogen-bond acceptors (Lipinski definition) is 2. The molecule has 2 N–H and O–H groups in total. The van der Waals surface area contributed by atoms with E-state index in [9.17, 15) is 4.39 Å². The zero-order valence-electron chi connectivity index (χ0n) is 9.79. The molecule has 0 saturated heterocycles. The third kappa shape index (κ3) is 2.85. The zero-order valence-corrected chi connectivity index (χ0v) is 9.79. The number of nitrogen functional groups attached to an aromatic ring is 1. The Hall–Kier alpha value is -1.25. The molecular formula is C12H19FN2. The average molecular weight is 210 g/mol. The van der Waals surface area contributed by atoms with Crippen LogP contribution in [0, 0.1) is 11.7 Å². The quantitative estimate of drug-likeness (QED) is 0.777. The van der Waals surface area contributed by atoms with E-state index < -0.39 is 0 Å². The molecule has 1 atom stereocenters. The van der Waals surface area contributed by atoms with Gasteiger partial charge in [0.1, 0.15) is 5.82 Å². The highest BCUT2D eigenvalue weighted by Gasteiger charge is 2.14. The Bertz CT molecular complexity index is 316. The van der Waals surface area contributed by atoms with Gasteiger partial charge in [0.05, 0.1) is 0 Å². The molecule has 0 aliphatic heterocycles. The fourth-order valence-electron chi connectivity index (χ4n) is 1.48. The van der Waals surface area contributed by atoms with Crippen molar-refractivity contribution in [3.8, 4) is 0 Å². The van der Waals surface area contributed by atoms with Gasteiger partial charge in [-0.3, -0.25) is 0 Å². The largest absolute Gasteiger partial charge is 0.399 e. The van der Waals surface area contributed by atoms with Gasteiger partial charge in [-0.05, 0) is 31.0 Å². The summed E-state index contributed by atoms with van der Waals surface area (Å²) < 4.78 is 13.1. The highest BCUT2D eigenvalue weighted by atomic mass is 19.1. The first-order valence-corrected chi connectivity index (χ1v) is 5.20. The van der Waals surface area contributed by atoms with Crippen molar-refractivity contribution >= 4 is 11.4 Å². The fraction of sp³-hybridized carbons (Fsp3) is 0.500. The molecule has 0 heterocycles. The van der Waals surface area contributed by atoms with Crippen molar-refractivity contribution in [2.45, 2.75) is 26.8 Å². The molecule has 1 aromatic rings. The van der Waals surface area contributed by atoms with Crippen molar-refractivity contribution in [1.29, 1.82) is 0 Å². The summed E-state index contributed by atoms with van der Waals surface area (Å²) in [7, 11) is 1.96. The van der Waals surface area contributed by atoms with E-state index in [1.165, 1.54) is 12.1 Å².